The molecule has 0 saturated carbocycles. The monoisotopic (exact) mass is 431 g/mol. The highest BCUT2D eigenvalue weighted by Crippen LogP contribution is 2.34. The summed E-state index contributed by atoms with van der Waals surface area (Å²) in [5.41, 5.74) is 2.62. The van der Waals surface area contributed by atoms with E-state index >= 15 is 0 Å². The minimum atomic E-state index is -0.309. The van der Waals surface area contributed by atoms with Gasteiger partial charge in [0.05, 0.1) is 25.9 Å². The van der Waals surface area contributed by atoms with Crippen LogP contribution in [0.2, 0.25) is 0 Å². The molecule has 1 atom stereocenters. The zero-order chi connectivity index (χ0) is 22.7. The summed E-state index contributed by atoms with van der Waals surface area (Å²) in [5, 5.41) is 7.60. The summed E-state index contributed by atoms with van der Waals surface area (Å²) < 4.78 is 18.2. The minimum absolute atomic E-state index is 0.300. The summed E-state index contributed by atoms with van der Waals surface area (Å²) in [6.45, 7) is 3.75. The van der Waals surface area contributed by atoms with Crippen molar-refractivity contribution < 1.29 is 18.7 Å². The fraction of sp³-hybridized carbons (Fsp3) is 0.200. The Hall–Kier alpha value is -4.00. The van der Waals surface area contributed by atoms with Gasteiger partial charge in [0.2, 0.25) is 0 Å². The first-order valence-electron chi connectivity index (χ1n) is 10.2. The maximum absolute atomic E-state index is 13.3. The molecule has 0 aliphatic rings. The molecule has 0 radical (unpaired) electrons. The molecule has 2 aromatic heterocycles. The maximum Gasteiger partial charge on any atom is 0.273 e. The van der Waals surface area contributed by atoms with E-state index in [2.05, 4.69) is 10.4 Å². The molecule has 0 fully saturated rings. The number of para-hydroxylation sites is 1. The number of nitrogens with one attached hydrogen (secondary N) is 1. The zero-order valence-corrected chi connectivity index (χ0v) is 18.5. The third-order valence-corrected chi connectivity index (χ3v) is 5.18. The molecule has 0 aliphatic heterocycles. The molecule has 1 amide bonds. The highest BCUT2D eigenvalue weighted by molar-refractivity contribution is 5.99. The van der Waals surface area contributed by atoms with Gasteiger partial charge in [-0.05, 0) is 55.8 Å². The van der Waals surface area contributed by atoms with Gasteiger partial charge in [-0.3, -0.25) is 4.79 Å². The molecule has 0 bridgehead atoms. The van der Waals surface area contributed by atoms with Crippen LogP contribution in [0.25, 0.3) is 16.8 Å². The summed E-state index contributed by atoms with van der Waals surface area (Å²) in [6.07, 6.45) is 1.84. The maximum atomic E-state index is 13.3. The van der Waals surface area contributed by atoms with E-state index in [1.807, 2.05) is 80.7 Å². The Morgan fingerprint density at radius 2 is 1.78 bits per heavy atom. The lowest BCUT2D eigenvalue weighted by Crippen LogP contribution is -2.27. The number of methoxy groups -OCH3 is 2. The summed E-state index contributed by atoms with van der Waals surface area (Å²) in [6, 6.07) is 18.6. The van der Waals surface area contributed by atoms with E-state index < -0.39 is 0 Å². The number of carbonyl (C=O) groups is 1. The van der Waals surface area contributed by atoms with Crippen LogP contribution in [0.5, 0.6) is 11.5 Å². The first-order valence-corrected chi connectivity index (χ1v) is 10.2. The van der Waals surface area contributed by atoms with Crippen molar-refractivity contribution in [2.45, 2.75) is 19.9 Å². The first kappa shape index (κ1) is 21.2. The molecule has 2 heterocycles. The van der Waals surface area contributed by atoms with Crippen LogP contribution in [0.1, 0.15) is 35.0 Å². The molecule has 32 heavy (non-hydrogen) atoms. The van der Waals surface area contributed by atoms with Gasteiger partial charge >= 0.3 is 0 Å². The number of ether oxygens (including phenoxy) is 2. The lowest BCUT2D eigenvalue weighted by molar-refractivity contribution is 0.0930. The fourth-order valence-corrected chi connectivity index (χ4v) is 3.49. The van der Waals surface area contributed by atoms with E-state index in [1.165, 1.54) is 0 Å². The largest absolute Gasteiger partial charge is 0.493 e. The van der Waals surface area contributed by atoms with Crippen LogP contribution in [0.15, 0.2) is 71.3 Å². The van der Waals surface area contributed by atoms with Crippen molar-refractivity contribution >= 4 is 5.91 Å². The topological polar surface area (TPSA) is 78.5 Å². The van der Waals surface area contributed by atoms with Crippen LogP contribution in [0.3, 0.4) is 0 Å². The number of amides is 1. The van der Waals surface area contributed by atoms with Crippen molar-refractivity contribution in [2.75, 3.05) is 14.2 Å². The summed E-state index contributed by atoms with van der Waals surface area (Å²) in [7, 11) is 3.16. The fourth-order valence-electron chi connectivity index (χ4n) is 3.49. The second-order valence-electron chi connectivity index (χ2n) is 7.38. The molecule has 4 aromatic rings. The first-order chi connectivity index (χ1) is 15.5. The van der Waals surface area contributed by atoms with Gasteiger partial charge in [-0.2, -0.15) is 5.10 Å². The minimum Gasteiger partial charge on any atom is -0.493 e. The van der Waals surface area contributed by atoms with E-state index in [4.69, 9.17) is 13.9 Å². The smallest absolute Gasteiger partial charge is 0.273 e. The Bertz CT molecular complexity index is 1230. The summed E-state index contributed by atoms with van der Waals surface area (Å²) in [5.74, 6) is 2.36. The van der Waals surface area contributed by atoms with E-state index in [0.29, 0.717) is 28.5 Å². The van der Waals surface area contributed by atoms with Crippen molar-refractivity contribution in [1.29, 1.82) is 0 Å². The molecule has 164 valence electrons. The van der Waals surface area contributed by atoms with Gasteiger partial charge in [0.15, 0.2) is 17.2 Å². The average Bonchev–Trinajstić information content (AvgIpc) is 3.46. The van der Waals surface area contributed by atoms with Crippen LogP contribution in [-0.4, -0.2) is 29.9 Å². The van der Waals surface area contributed by atoms with Gasteiger partial charge in [-0.1, -0.05) is 24.3 Å². The lowest BCUT2D eigenvalue weighted by Gasteiger charge is -2.12. The van der Waals surface area contributed by atoms with E-state index in [-0.39, 0.29) is 11.9 Å². The molecule has 2 aromatic carbocycles. The normalized spacial score (nSPS) is 11.8. The molecule has 7 heteroatoms. The van der Waals surface area contributed by atoms with Gasteiger partial charge in [0.1, 0.15) is 11.5 Å². The number of hydrogen-bond acceptors (Lipinski definition) is 5. The number of carbonyl (C=O) groups excluding carboxylic acids is 1. The highest BCUT2D eigenvalue weighted by atomic mass is 16.5. The third-order valence-electron chi connectivity index (χ3n) is 5.18. The van der Waals surface area contributed by atoms with Crippen LogP contribution in [-0.2, 0) is 0 Å². The zero-order valence-electron chi connectivity index (χ0n) is 18.5. The predicted molar refractivity (Wildman–Crippen MR) is 121 cm³/mol. The number of furan rings is 1. The molecule has 0 spiro atoms. The lowest BCUT2D eigenvalue weighted by atomic mass is 10.0. The highest BCUT2D eigenvalue weighted by Gasteiger charge is 2.22. The average molecular weight is 431 g/mol. The van der Waals surface area contributed by atoms with Crippen molar-refractivity contribution in [1.82, 2.24) is 15.1 Å². The van der Waals surface area contributed by atoms with E-state index in [9.17, 15) is 4.79 Å². The molecule has 1 unspecified atom stereocenters. The van der Waals surface area contributed by atoms with Gasteiger partial charge in [-0.15, -0.1) is 0 Å². The third kappa shape index (κ3) is 4.23. The summed E-state index contributed by atoms with van der Waals surface area (Å²) >= 11 is 0. The second-order valence-corrected chi connectivity index (χ2v) is 7.38. The van der Waals surface area contributed by atoms with E-state index in [1.54, 1.807) is 18.9 Å². The molecular formula is C25H25N3O4. The molecular weight excluding hydrogens is 406 g/mol. The SMILES string of the molecule is COc1ccc(-c2cn(-c3ccccc3)nc2C(=O)NC(C)c2ccc(C)o2)cc1OC. The van der Waals surface area contributed by atoms with Crippen LogP contribution >= 0.6 is 0 Å². The Morgan fingerprint density at radius 1 is 1.03 bits per heavy atom. The Morgan fingerprint density at radius 3 is 2.44 bits per heavy atom. The van der Waals surface area contributed by atoms with Crippen LogP contribution in [0, 0.1) is 6.92 Å². The molecule has 4 rings (SSSR count). The standard InChI is InChI=1S/C25H25N3O4/c1-16-10-12-21(32-16)17(2)26-25(29)24-20(15-28(27-24)19-8-6-5-7-9-19)18-11-13-22(30-3)23(14-18)31-4/h5-15,17H,1-4H3,(H,26,29). The van der Waals surface area contributed by atoms with Crippen molar-refractivity contribution in [3.8, 4) is 28.3 Å². The van der Waals surface area contributed by atoms with Gasteiger partial charge in [-0.25, -0.2) is 4.68 Å². The molecule has 1 N–H and O–H groups in total. The Labute approximate surface area is 186 Å². The second kappa shape index (κ2) is 9.01. The number of rotatable bonds is 7. The molecule has 7 nitrogen and oxygen atoms in total. The number of benzene rings is 2. The van der Waals surface area contributed by atoms with Crippen molar-refractivity contribution in [3.05, 3.63) is 84.1 Å². The Balaban J connectivity index is 1.75. The predicted octanol–water partition coefficient (Wildman–Crippen LogP) is 4.95. The van der Waals surface area contributed by atoms with Crippen molar-refractivity contribution in [2.24, 2.45) is 0 Å². The van der Waals surface area contributed by atoms with Gasteiger partial charge in [0.25, 0.3) is 5.91 Å². The number of hydrogen-bond donors (Lipinski definition) is 1. The number of aromatic nitrogens is 2. The molecule has 0 saturated heterocycles. The quantitative estimate of drug-likeness (QED) is 0.448. The van der Waals surface area contributed by atoms with Crippen LogP contribution in [0.4, 0.5) is 0 Å². The number of nitrogens with zero attached hydrogens (tertiary/aromatic N) is 2. The number of aryl methyl sites for hydroxylation is 1. The van der Waals surface area contributed by atoms with Gasteiger partial charge < -0.3 is 19.2 Å². The van der Waals surface area contributed by atoms with E-state index in [0.717, 1.165) is 17.0 Å². The molecule has 0 aliphatic carbocycles. The van der Waals surface area contributed by atoms with Gasteiger partial charge in [0, 0.05) is 11.8 Å². The summed E-state index contributed by atoms with van der Waals surface area (Å²) in [4.78, 5) is 13.3. The van der Waals surface area contributed by atoms with Crippen molar-refractivity contribution in [3.63, 3.8) is 0 Å². The Kier molecular flexibility index (Phi) is 5.98. The van der Waals surface area contributed by atoms with Crippen LogP contribution < -0.4 is 14.8 Å².